The summed E-state index contributed by atoms with van der Waals surface area (Å²) in [6, 6.07) is 22.7. The predicted octanol–water partition coefficient (Wildman–Crippen LogP) is 3.79. The highest BCUT2D eigenvalue weighted by atomic mass is 32.2. The molecule has 0 saturated heterocycles. The first-order valence-electron chi connectivity index (χ1n) is 9.10. The van der Waals surface area contributed by atoms with Crippen LogP contribution in [0.15, 0.2) is 83.8 Å². The largest absolute Gasteiger partial charge is 0.322 e. The van der Waals surface area contributed by atoms with Crippen LogP contribution in [0, 0.1) is 0 Å². The van der Waals surface area contributed by atoms with E-state index < -0.39 is 9.84 Å². The van der Waals surface area contributed by atoms with E-state index in [-0.39, 0.29) is 10.8 Å². The summed E-state index contributed by atoms with van der Waals surface area (Å²) < 4.78 is 23.0. The number of carbonyl (C=O) groups excluding carboxylic acids is 1. The number of carbonyl (C=O) groups is 1. The number of nitrogens with zero attached hydrogens (tertiary/aromatic N) is 2. The summed E-state index contributed by atoms with van der Waals surface area (Å²) in [5.41, 5.74) is 2.74. The Hall–Kier alpha value is -3.78. The minimum Gasteiger partial charge on any atom is -0.322 e. The van der Waals surface area contributed by atoms with Crippen LogP contribution in [0.5, 0.6) is 0 Å². The number of amides is 1. The molecule has 0 fully saturated rings. The molecule has 150 valence electrons. The van der Waals surface area contributed by atoms with Crippen LogP contribution in [0.25, 0.3) is 22.8 Å². The molecule has 0 atom stereocenters. The molecule has 1 heterocycles. The van der Waals surface area contributed by atoms with Crippen LogP contribution in [0.3, 0.4) is 0 Å². The highest BCUT2D eigenvalue weighted by Crippen LogP contribution is 2.22. The van der Waals surface area contributed by atoms with Crippen molar-refractivity contribution in [1.82, 2.24) is 15.2 Å². The molecular weight excluding hydrogens is 400 g/mol. The predicted molar refractivity (Wildman–Crippen MR) is 115 cm³/mol. The minimum absolute atomic E-state index is 0.172. The highest BCUT2D eigenvalue weighted by molar-refractivity contribution is 7.90. The van der Waals surface area contributed by atoms with Gasteiger partial charge in [0.15, 0.2) is 21.5 Å². The topological polar surface area (TPSA) is 105 Å². The van der Waals surface area contributed by atoms with Crippen molar-refractivity contribution in [1.29, 1.82) is 0 Å². The molecule has 0 aliphatic heterocycles. The van der Waals surface area contributed by atoms with E-state index in [9.17, 15) is 13.2 Å². The number of sulfone groups is 1. The molecule has 0 unspecified atom stereocenters. The van der Waals surface area contributed by atoms with Crippen LogP contribution in [-0.2, 0) is 9.84 Å². The molecule has 0 saturated carbocycles. The lowest BCUT2D eigenvalue weighted by atomic mass is 10.1. The number of H-pyrrole nitrogens is 1. The molecule has 0 aliphatic rings. The standard InChI is InChI=1S/C22H18N4O3S/c1-30(28,29)19-13-9-17(10-14-19)22(27)23-18-11-7-16(8-12-18)21-24-20(25-26-21)15-5-3-2-4-6-15/h2-14H,1H3,(H,23,27)(H,24,25,26). The zero-order valence-corrected chi connectivity index (χ0v) is 16.8. The van der Waals surface area contributed by atoms with Gasteiger partial charge in [-0.2, -0.15) is 5.10 Å². The molecule has 0 aliphatic carbocycles. The smallest absolute Gasteiger partial charge is 0.255 e. The Balaban J connectivity index is 1.46. The Bertz CT molecular complexity index is 1280. The Labute approximate surface area is 173 Å². The fourth-order valence-corrected chi connectivity index (χ4v) is 3.51. The maximum absolute atomic E-state index is 12.4. The molecule has 0 spiro atoms. The maximum Gasteiger partial charge on any atom is 0.255 e. The van der Waals surface area contributed by atoms with Gasteiger partial charge in [-0.1, -0.05) is 30.3 Å². The van der Waals surface area contributed by atoms with E-state index in [4.69, 9.17) is 0 Å². The lowest BCUT2D eigenvalue weighted by Crippen LogP contribution is -2.12. The molecule has 4 aromatic rings. The van der Waals surface area contributed by atoms with Gasteiger partial charge in [-0.15, -0.1) is 0 Å². The van der Waals surface area contributed by atoms with Crippen molar-refractivity contribution in [3.63, 3.8) is 0 Å². The molecule has 7 nitrogen and oxygen atoms in total. The summed E-state index contributed by atoms with van der Waals surface area (Å²) in [5.74, 6) is 0.914. The van der Waals surface area contributed by atoms with Gasteiger partial charge in [0.05, 0.1) is 4.90 Å². The van der Waals surface area contributed by atoms with Crippen molar-refractivity contribution >= 4 is 21.4 Å². The number of aromatic nitrogens is 3. The highest BCUT2D eigenvalue weighted by Gasteiger charge is 2.11. The summed E-state index contributed by atoms with van der Waals surface area (Å²) >= 11 is 0. The Morgan fingerprint density at radius 2 is 1.53 bits per heavy atom. The number of rotatable bonds is 5. The first kappa shape index (κ1) is 19.5. The number of aromatic amines is 1. The first-order chi connectivity index (χ1) is 14.4. The molecule has 2 N–H and O–H groups in total. The second-order valence-corrected chi connectivity index (χ2v) is 8.72. The zero-order valence-electron chi connectivity index (χ0n) is 16.0. The van der Waals surface area contributed by atoms with Gasteiger partial charge in [-0.05, 0) is 48.5 Å². The second kappa shape index (κ2) is 7.92. The van der Waals surface area contributed by atoms with E-state index in [2.05, 4.69) is 20.5 Å². The molecule has 1 amide bonds. The van der Waals surface area contributed by atoms with Gasteiger partial charge >= 0.3 is 0 Å². The van der Waals surface area contributed by atoms with Gasteiger partial charge in [0.2, 0.25) is 0 Å². The van der Waals surface area contributed by atoms with Crippen molar-refractivity contribution in [2.45, 2.75) is 4.90 Å². The molecular formula is C22H18N4O3S. The molecule has 3 aromatic carbocycles. The maximum atomic E-state index is 12.4. The quantitative estimate of drug-likeness (QED) is 0.513. The average molecular weight is 418 g/mol. The summed E-state index contributed by atoms with van der Waals surface area (Å²) in [4.78, 5) is 17.1. The van der Waals surface area contributed by atoms with Crippen LogP contribution in [0.4, 0.5) is 5.69 Å². The van der Waals surface area contributed by atoms with E-state index >= 15 is 0 Å². The monoisotopic (exact) mass is 418 g/mol. The van der Waals surface area contributed by atoms with Crippen molar-refractivity contribution in [2.24, 2.45) is 0 Å². The fraction of sp³-hybridized carbons (Fsp3) is 0.0455. The van der Waals surface area contributed by atoms with Gasteiger partial charge in [0.1, 0.15) is 0 Å². The third-order valence-corrected chi connectivity index (χ3v) is 5.61. The molecule has 0 radical (unpaired) electrons. The molecule has 0 bridgehead atoms. The van der Waals surface area contributed by atoms with E-state index in [1.165, 1.54) is 24.3 Å². The van der Waals surface area contributed by atoms with Crippen molar-refractivity contribution in [3.05, 3.63) is 84.4 Å². The number of hydrogen-bond donors (Lipinski definition) is 2. The van der Waals surface area contributed by atoms with Crippen LogP contribution in [0.2, 0.25) is 0 Å². The molecule has 30 heavy (non-hydrogen) atoms. The summed E-state index contributed by atoms with van der Waals surface area (Å²) in [6.45, 7) is 0. The SMILES string of the molecule is CS(=O)(=O)c1ccc(C(=O)Nc2ccc(-c3nc(-c4ccccc4)n[nH]3)cc2)cc1. The first-order valence-corrected chi connectivity index (χ1v) is 11.0. The minimum atomic E-state index is -3.30. The van der Waals surface area contributed by atoms with Crippen LogP contribution >= 0.6 is 0 Å². The van der Waals surface area contributed by atoms with Gasteiger partial charge in [0.25, 0.3) is 5.91 Å². The molecule has 8 heteroatoms. The fourth-order valence-electron chi connectivity index (χ4n) is 2.88. The van der Waals surface area contributed by atoms with Crippen LogP contribution in [-0.4, -0.2) is 35.8 Å². The Morgan fingerprint density at radius 3 is 2.17 bits per heavy atom. The third-order valence-electron chi connectivity index (χ3n) is 4.48. The lowest BCUT2D eigenvalue weighted by Gasteiger charge is -2.06. The number of anilines is 1. The number of benzene rings is 3. The van der Waals surface area contributed by atoms with Crippen LogP contribution in [0.1, 0.15) is 10.4 Å². The number of nitrogens with one attached hydrogen (secondary N) is 2. The Kier molecular flexibility index (Phi) is 5.16. The van der Waals surface area contributed by atoms with E-state index in [0.717, 1.165) is 17.4 Å². The summed E-state index contributed by atoms with van der Waals surface area (Å²) in [7, 11) is -3.30. The zero-order chi connectivity index (χ0) is 21.1. The third kappa shape index (κ3) is 4.28. The van der Waals surface area contributed by atoms with E-state index in [1.54, 1.807) is 12.1 Å². The normalized spacial score (nSPS) is 11.2. The van der Waals surface area contributed by atoms with Gasteiger partial charge in [-0.25, -0.2) is 13.4 Å². The van der Waals surface area contributed by atoms with Crippen molar-refractivity contribution in [2.75, 3.05) is 11.6 Å². The van der Waals surface area contributed by atoms with E-state index in [0.29, 0.717) is 22.9 Å². The average Bonchev–Trinajstić information content (AvgIpc) is 3.25. The second-order valence-electron chi connectivity index (χ2n) is 6.70. The molecule has 4 rings (SSSR count). The van der Waals surface area contributed by atoms with Gasteiger partial charge < -0.3 is 5.32 Å². The van der Waals surface area contributed by atoms with Gasteiger partial charge in [0, 0.05) is 28.6 Å². The van der Waals surface area contributed by atoms with Crippen molar-refractivity contribution in [3.8, 4) is 22.8 Å². The summed E-state index contributed by atoms with van der Waals surface area (Å²) in [6.07, 6.45) is 1.13. The van der Waals surface area contributed by atoms with E-state index in [1.807, 2.05) is 42.5 Å². The summed E-state index contributed by atoms with van der Waals surface area (Å²) in [5, 5.41) is 9.97. The number of hydrogen-bond acceptors (Lipinski definition) is 5. The lowest BCUT2D eigenvalue weighted by molar-refractivity contribution is 0.102. The van der Waals surface area contributed by atoms with Crippen molar-refractivity contribution < 1.29 is 13.2 Å². The Morgan fingerprint density at radius 1 is 0.867 bits per heavy atom. The molecule has 1 aromatic heterocycles. The van der Waals surface area contributed by atoms with Crippen LogP contribution < -0.4 is 5.32 Å². The van der Waals surface area contributed by atoms with Gasteiger partial charge in [-0.3, -0.25) is 9.89 Å².